The first-order valence-electron chi connectivity index (χ1n) is 9.95. The van der Waals surface area contributed by atoms with E-state index in [1.165, 1.54) is 0 Å². The van der Waals surface area contributed by atoms with Crippen LogP contribution in [0.4, 0.5) is 0 Å². The molecule has 0 aliphatic carbocycles. The minimum Gasteiger partial charge on any atom is -0.452 e. The van der Waals surface area contributed by atoms with Gasteiger partial charge in [0.15, 0.2) is 6.61 Å². The predicted octanol–water partition coefficient (Wildman–Crippen LogP) is 5.35. The summed E-state index contributed by atoms with van der Waals surface area (Å²) in [5.41, 5.74) is 3.73. The van der Waals surface area contributed by atoms with E-state index in [-0.39, 0.29) is 23.8 Å². The Morgan fingerprint density at radius 3 is 2.39 bits per heavy atom. The third-order valence-corrected chi connectivity index (χ3v) is 4.90. The number of hydrogen-bond acceptors (Lipinski definition) is 7. The number of nitrogens with zero attached hydrogens (tertiary/aromatic N) is 3. The summed E-state index contributed by atoms with van der Waals surface area (Å²) in [5, 5.41) is 12.2. The Balaban J connectivity index is 1.47. The highest BCUT2D eigenvalue weighted by atomic mass is 16.5. The van der Waals surface area contributed by atoms with Crippen molar-refractivity contribution in [3.05, 3.63) is 77.4 Å². The van der Waals surface area contributed by atoms with Gasteiger partial charge in [-0.05, 0) is 30.0 Å². The second-order valence-electron chi connectivity index (χ2n) is 8.23. The molecule has 2 aromatic heterocycles. The molecule has 4 aromatic rings. The summed E-state index contributed by atoms with van der Waals surface area (Å²) >= 11 is 0. The van der Waals surface area contributed by atoms with Gasteiger partial charge in [-0.2, -0.15) is 0 Å². The largest absolute Gasteiger partial charge is 0.452 e. The lowest BCUT2D eigenvalue weighted by Crippen LogP contribution is -2.12. The highest BCUT2D eigenvalue weighted by Gasteiger charge is 2.22. The molecule has 0 spiro atoms. The molecule has 31 heavy (non-hydrogen) atoms. The summed E-state index contributed by atoms with van der Waals surface area (Å²) in [4.78, 5) is 12.4. The number of rotatable bonds is 5. The van der Waals surface area contributed by atoms with Crippen molar-refractivity contribution < 1.29 is 18.5 Å². The molecule has 0 fully saturated rings. The summed E-state index contributed by atoms with van der Waals surface area (Å²) < 4.78 is 16.4. The quantitative estimate of drug-likeness (QED) is 0.404. The summed E-state index contributed by atoms with van der Waals surface area (Å²) in [6.45, 7) is 8.01. The van der Waals surface area contributed by atoms with E-state index >= 15 is 0 Å². The number of aromatic nitrogens is 3. The smallest absolute Gasteiger partial charge is 0.338 e. The van der Waals surface area contributed by atoms with Crippen LogP contribution in [-0.2, 0) is 16.8 Å². The van der Waals surface area contributed by atoms with Gasteiger partial charge in [0.25, 0.3) is 11.8 Å². The van der Waals surface area contributed by atoms with Crippen molar-refractivity contribution in [2.24, 2.45) is 0 Å². The van der Waals surface area contributed by atoms with Gasteiger partial charge in [0.1, 0.15) is 17.0 Å². The van der Waals surface area contributed by atoms with Gasteiger partial charge in [0.05, 0.1) is 5.56 Å². The average molecular weight is 417 g/mol. The van der Waals surface area contributed by atoms with Crippen LogP contribution in [0.15, 0.2) is 63.5 Å². The fourth-order valence-electron chi connectivity index (χ4n) is 3.15. The van der Waals surface area contributed by atoms with Crippen LogP contribution in [-0.4, -0.2) is 21.3 Å². The Morgan fingerprint density at radius 2 is 1.71 bits per heavy atom. The number of carbonyl (C=O) groups is 1. The zero-order valence-electron chi connectivity index (χ0n) is 17.9. The Morgan fingerprint density at radius 1 is 1.00 bits per heavy atom. The molecule has 158 valence electrons. The van der Waals surface area contributed by atoms with Gasteiger partial charge in [0.2, 0.25) is 0 Å². The van der Waals surface area contributed by atoms with Crippen LogP contribution in [0.25, 0.3) is 22.7 Å². The van der Waals surface area contributed by atoms with Crippen LogP contribution in [0.2, 0.25) is 0 Å². The molecule has 0 radical (unpaired) electrons. The van der Waals surface area contributed by atoms with E-state index in [1.807, 2.05) is 42.5 Å². The molecule has 4 rings (SSSR count). The molecule has 0 unspecified atom stereocenters. The van der Waals surface area contributed by atoms with Crippen LogP contribution < -0.4 is 0 Å². The van der Waals surface area contributed by atoms with Crippen molar-refractivity contribution in [1.82, 2.24) is 15.4 Å². The van der Waals surface area contributed by atoms with Crippen molar-refractivity contribution in [2.45, 2.75) is 39.7 Å². The topological polar surface area (TPSA) is 91.3 Å². The Kier molecular flexibility index (Phi) is 5.42. The Hall–Kier alpha value is -3.74. The summed E-state index contributed by atoms with van der Waals surface area (Å²) in [5.74, 6) is 0.559. The third-order valence-electron chi connectivity index (χ3n) is 4.90. The van der Waals surface area contributed by atoms with Crippen molar-refractivity contribution in [2.75, 3.05) is 0 Å². The maximum atomic E-state index is 12.4. The summed E-state index contributed by atoms with van der Waals surface area (Å²) in [6, 6.07) is 17.0. The summed E-state index contributed by atoms with van der Waals surface area (Å²) in [7, 11) is 0. The van der Waals surface area contributed by atoms with Gasteiger partial charge in [-0.25, -0.2) is 4.79 Å². The lowest BCUT2D eigenvalue weighted by Gasteiger charge is -2.18. The minimum absolute atomic E-state index is 0.0151. The molecule has 0 saturated carbocycles. The Bertz CT molecular complexity index is 1190. The van der Waals surface area contributed by atoms with Crippen molar-refractivity contribution in [1.29, 1.82) is 0 Å². The van der Waals surface area contributed by atoms with E-state index in [9.17, 15) is 4.79 Å². The second kappa shape index (κ2) is 8.18. The number of ether oxygens (including phenoxy) is 1. The molecular weight excluding hydrogens is 394 g/mol. The number of benzene rings is 2. The van der Waals surface area contributed by atoms with Gasteiger partial charge in [-0.1, -0.05) is 68.4 Å². The zero-order valence-corrected chi connectivity index (χ0v) is 17.9. The monoisotopic (exact) mass is 417 g/mol. The second-order valence-corrected chi connectivity index (χ2v) is 8.23. The molecule has 7 nitrogen and oxygen atoms in total. The average Bonchev–Trinajstić information content (AvgIpc) is 3.38. The molecule has 0 saturated heterocycles. The molecule has 0 aliphatic heterocycles. The number of carbonyl (C=O) groups excluding carboxylic acids is 1. The van der Waals surface area contributed by atoms with E-state index in [4.69, 9.17) is 13.7 Å². The predicted molar refractivity (Wildman–Crippen MR) is 114 cm³/mol. The first kappa shape index (κ1) is 20.5. The molecular formula is C24H23N3O4. The fourth-order valence-corrected chi connectivity index (χ4v) is 3.15. The normalized spacial score (nSPS) is 11.5. The highest BCUT2D eigenvalue weighted by molar-refractivity contribution is 5.89. The molecule has 7 heteroatoms. The van der Waals surface area contributed by atoms with Crippen LogP contribution >= 0.6 is 0 Å². The summed E-state index contributed by atoms with van der Waals surface area (Å²) in [6.07, 6.45) is 0. The maximum Gasteiger partial charge on any atom is 0.338 e. The number of esters is 1. The molecule has 2 aromatic carbocycles. The number of aryl methyl sites for hydroxylation is 1. The Labute approximate surface area is 180 Å². The van der Waals surface area contributed by atoms with E-state index < -0.39 is 5.97 Å². The maximum absolute atomic E-state index is 12.4. The standard InChI is InChI=1S/C24H23N3O4/c1-15-20(21(27-31-15)16-8-6-5-7-9-16)22-26-25-19(30-22)14-29-23(28)17-10-12-18(13-11-17)24(2,3)4/h5-13H,14H2,1-4H3. The van der Waals surface area contributed by atoms with Gasteiger partial charge < -0.3 is 13.7 Å². The van der Waals surface area contributed by atoms with Crippen molar-refractivity contribution in [3.63, 3.8) is 0 Å². The minimum atomic E-state index is -0.452. The first-order chi connectivity index (χ1) is 14.8. The van der Waals surface area contributed by atoms with E-state index in [0.717, 1.165) is 11.1 Å². The van der Waals surface area contributed by atoms with Crippen LogP contribution in [0, 0.1) is 6.92 Å². The first-order valence-corrected chi connectivity index (χ1v) is 9.95. The van der Waals surface area contributed by atoms with Gasteiger partial charge in [0, 0.05) is 5.56 Å². The molecule has 0 N–H and O–H groups in total. The van der Waals surface area contributed by atoms with Crippen molar-refractivity contribution in [3.8, 4) is 22.7 Å². The van der Waals surface area contributed by atoms with Gasteiger partial charge in [-0.3, -0.25) is 0 Å². The third kappa shape index (κ3) is 4.40. The molecule has 0 aliphatic rings. The van der Waals surface area contributed by atoms with E-state index in [2.05, 4.69) is 36.1 Å². The van der Waals surface area contributed by atoms with E-state index in [0.29, 0.717) is 22.6 Å². The fraction of sp³-hybridized carbons (Fsp3) is 0.250. The highest BCUT2D eigenvalue weighted by Crippen LogP contribution is 2.33. The van der Waals surface area contributed by atoms with Crippen LogP contribution in [0.3, 0.4) is 0 Å². The van der Waals surface area contributed by atoms with Gasteiger partial charge >= 0.3 is 5.97 Å². The molecule has 0 atom stereocenters. The molecule has 0 amide bonds. The van der Waals surface area contributed by atoms with E-state index in [1.54, 1.807) is 19.1 Å². The zero-order chi connectivity index (χ0) is 22.0. The van der Waals surface area contributed by atoms with Gasteiger partial charge in [-0.15, -0.1) is 10.2 Å². The lowest BCUT2D eigenvalue weighted by molar-refractivity contribution is 0.0438. The SMILES string of the molecule is Cc1onc(-c2ccccc2)c1-c1nnc(COC(=O)c2ccc(C(C)(C)C)cc2)o1. The number of hydrogen-bond donors (Lipinski definition) is 0. The van der Waals surface area contributed by atoms with Crippen LogP contribution in [0.5, 0.6) is 0 Å². The molecule has 2 heterocycles. The van der Waals surface area contributed by atoms with Crippen molar-refractivity contribution >= 4 is 5.97 Å². The molecule has 0 bridgehead atoms. The lowest BCUT2D eigenvalue weighted by atomic mass is 9.87. The van der Waals surface area contributed by atoms with Crippen LogP contribution in [0.1, 0.15) is 48.3 Å².